The van der Waals surface area contributed by atoms with Gasteiger partial charge in [-0.25, -0.2) is 9.97 Å². The van der Waals surface area contributed by atoms with Gasteiger partial charge < -0.3 is 19.3 Å². The van der Waals surface area contributed by atoms with Crippen molar-refractivity contribution in [3.63, 3.8) is 0 Å². The zero-order chi connectivity index (χ0) is 22.8. The Morgan fingerprint density at radius 2 is 1.76 bits per heavy atom. The van der Waals surface area contributed by atoms with Crippen molar-refractivity contribution in [3.8, 4) is 11.6 Å². The van der Waals surface area contributed by atoms with E-state index < -0.39 is 0 Å². The number of anilines is 1. The van der Waals surface area contributed by atoms with Gasteiger partial charge in [-0.15, -0.1) is 0 Å². The molecule has 2 fully saturated rings. The Balaban J connectivity index is 1.16. The van der Waals surface area contributed by atoms with Crippen LogP contribution < -0.4 is 14.4 Å². The minimum absolute atomic E-state index is 0.00878. The number of para-hydroxylation sites is 2. The average Bonchev–Trinajstić information content (AvgIpc) is 3.25. The molecule has 0 N–H and O–H groups in total. The van der Waals surface area contributed by atoms with Crippen molar-refractivity contribution in [3.05, 3.63) is 54.7 Å². The highest BCUT2D eigenvalue weighted by atomic mass is 16.5. The molecule has 0 aliphatic carbocycles. The Labute approximate surface area is 192 Å². The summed E-state index contributed by atoms with van der Waals surface area (Å²) < 4.78 is 11.2. The van der Waals surface area contributed by atoms with Crippen LogP contribution in [0.5, 0.6) is 11.6 Å². The Bertz CT molecular complexity index is 1160. The fourth-order valence-corrected chi connectivity index (χ4v) is 4.50. The zero-order valence-electron chi connectivity index (χ0n) is 18.5. The lowest BCUT2D eigenvalue weighted by atomic mass is 10.0. The number of carbonyl (C=O) groups is 2. The standard InChI is InChI=1S/C25H26N4O4/c1-32-19-8-6-18(7-9-19)29-16-17(14-24(29)30)25(31)28-12-10-20(11-13-28)33-23-15-26-21-4-2-3-5-22(21)27-23/h2-9,15,17,20H,10-14,16H2,1H3. The molecular weight excluding hydrogens is 420 g/mol. The highest BCUT2D eigenvalue weighted by Crippen LogP contribution is 2.29. The summed E-state index contributed by atoms with van der Waals surface area (Å²) in [5.41, 5.74) is 2.43. The van der Waals surface area contributed by atoms with Crippen LogP contribution in [0.3, 0.4) is 0 Å². The van der Waals surface area contributed by atoms with Gasteiger partial charge in [0.15, 0.2) is 0 Å². The molecule has 8 nitrogen and oxygen atoms in total. The van der Waals surface area contributed by atoms with E-state index >= 15 is 0 Å². The van der Waals surface area contributed by atoms with Crippen molar-refractivity contribution >= 4 is 28.5 Å². The van der Waals surface area contributed by atoms with Crippen molar-refractivity contribution in [1.82, 2.24) is 14.9 Å². The predicted molar refractivity (Wildman–Crippen MR) is 123 cm³/mol. The van der Waals surface area contributed by atoms with Crippen LogP contribution in [0.4, 0.5) is 5.69 Å². The number of likely N-dealkylation sites (tertiary alicyclic amines) is 1. The number of fused-ring (bicyclic) bond motifs is 1. The SMILES string of the molecule is COc1ccc(N2CC(C(=O)N3CCC(Oc4cnc5ccccc5n4)CC3)CC2=O)cc1. The first kappa shape index (κ1) is 21.2. The molecular formula is C25H26N4O4. The maximum Gasteiger partial charge on any atom is 0.233 e. The lowest BCUT2D eigenvalue weighted by Crippen LogP contribution is -2.45. The summed E-state index contributed by atoms with van der Waals surface area (Å²) >= 11 is 0. The van der Waals surface area contributed by atoms with Gasteiger partial charge in [0.25, 0.3) is 0 Å². The summed E-state index contributed by atoms with van der Waals surface area (Å²) in [7, 11) is 1.61. The van der Waals surface area contributed by atoms with E-state index in [1.165, 1.54) is 0 Å². The van der Waals surface area contributed by atoms with Gasteiger partial charge in [0.05, 0.1) is 30.3 Å². The molecule has 0 bridgehead atoms. The number of carbonyl (C=O) groups excluding carboxylic acids is 2. The molecule has 1 unspecified atom stereocenters. The fourth-order valence-electron chi connectivity index (χ4n) is 4.50. The molecule has 5 rings (SSSR count). The fraction of sp³-hybridized carbons (Fsp3) is 0.360. The van der Waals surface area contributed by atoms with Crippen molar-refractivity contribution in [2.45, 2.75) is 25.4 Å². The van der Waals surface area contributed by atoms with Crippen LogP contribution in [0.15, 0.2) is 54.7 Å². The average molecular weight is 447 g/mol. The van der Waals surface area contributed by atoms with Crippen LogP contribution in [0, 0.1) is 5.92 Å². The maximum absolute atomic E-state index is 13.1. The third-order valence-electron chi connectivity index (χ3n) is 6.33. The lowest BCUT2D eigenvalue weighted by Gasteiger charge is -2.33. The molecule has 2 aromatic carbocycles. The molecule has 2 aliphatic heterocycles. The second-order valence-electron chi connectivity index (χ2n) is 8.44. The predicted octanol–water partition coefficient (Wildman–Crippen LogP) is 3.06. The van der Waals surface area contributed by atoms with Crippen LogP contribution in [-0.4, -0.2) is 59.5 Å². The summed E-state index contributed by atoms with van der Waals surface area (Å²) in [5.74, 6) is 0.950. The molecule has 2 saturated heterocycles. The normalized spacial score (nSPS) is 19.2. The number of piperidine rings is 1. The first-order valence-corrected chi connectivity index (χ1v) is 11.2. The summed E-state index contributed by atoms with van der Waals surface area (Å²) in [6.45, 7) is 1.63. The van der Waals surface area contributed by atoms with Crippen LogP contribution >= 0.6 is 0 Å². The molecule has 1 aromatic heterocycles. The van der Waals surface area contributed by atoms with Gasteiger partial charge in [0.1, 0.15) is 11.9 Å². The molecule has 0 spiro atoms. The lowest BCUT2D eigenvalue weighted by molar-refractivity contribution is -0.137. The Kier molecular flexibility index (Phi) is 5.81. The van der Waals surface area contributed by atoms with Crippen LogP contribution in [0.1, 0.15) is 19.3 Å². The van der Waals surface area contributed by atoms with E-state index in [1.807, 2.05) is 53.4 Å². The highest BCUT2D eigenvalue weighted by molar-refractivity contribution is 6.00. The highest BCUT2D eigenvalue weighted by Gasteiger charge is 2.38. The van der Waals surface area contributed by atoms with E-state index in [0.29, 0.717) is 25.5 Å². The smallest absolute Gasteiger partial charge is 0.233 e. The summed E-state index contributed by atoms with van der Waals surface area (Å²) in [5, 5.41) is 0. The maximum atomic E-state index is 13.1. The van der Waals surface area contributed by atoms with Crippen LogP contribution in [-0.2, 0) is 9.59 Å². The van der Waals surface area contributed by atoms with E-state index in [1.54, 1.807) is 18.2 Å². The van der Waals surface area contributed by atoms with E-state index in [9.17, 15) is 9.59 Å². The zero-order valence-corrected chi connectivity index (χ0v) is 18.5. The Morgan fingerprint density at radius 3 is 2.48 bits per heavy atom. The minimum atomic E-state index is -0.316. The number of hydrogen-bond donors (Lipinski definition) is 0. The number of rotatable bonds is 5. The third kappa shape index (κ3) is 4.46. The first-order chi connectivity index (χ1) is 16.1. The number of hydrogen-bond acceptors (Lipinski definition) is 6. The molecule has 3 aromatic rings. The second kappa shape index (κ2) is 9.05. The minimum Gasteiger partial charge on any atom is -0.497 e. The van der Waals surface area contributed by atoms with Gasteiger partial charge >= 0.3 is 0 Å². The Morgan fingerprint density at radius 1 is 1.03 bits per heavy atom. The Hall–Kier alpha value is -3.68. The number of benzene rings is 2. The summed E-state index contributed by atoms with van der Waals surface area (Å²) in [4.78, 5) is 38.1. The van der Waals surface area contributed by atoms with Crippen molar-refractivity contribution in [2.75, 3.05) is 31.6 Å². The van der Waals surface area contributed by atoms with Gasteiger partial charge in [-0.05, 0) is 36.4 Å². The first-order valence-electron chi connectivity index (χ1n) is 11.2. The molecule has 2 aliphatic rings. The van der Waals surface area contributed by atoms with E-state index in [2.05, 4.69) is 9.97 Å². The number of ether oxygens (including phenoxy) is 2. The molecule has 33 heavy (non-hydrogen) atoms. The van der Waals surface area contributed by atoms with Crippen molar-refractivity contribution in [2.24, 2.45) is 5.92 Å². The number of methoxy groups -OCH3 is 1. The van der Waals surface area contributed by atoms with Crippen LogP contribution in [0.2, 0.25) is 0 Å². The monoisotopic (exact) mass is 446 g/mol. The largest absolute Gasteiger partial charge is 0.497 e. The van der Waals surface area contributed by atoms with E-state index in [0.717, 1.165) is 35.3 Å². The van der Waals surface area contributed by atoms with Gasteiger partial charge in [0.2, 0.25) is 17.7 Å². The van der Waals surface area contributed by atoms with Crippen LogP contribution in [0.25, 0.3) is 11.0 Å². The third-order valence-corrected chi connectivity index (χ3v) is 6.33. The molecule has 2 amide bonds. The van der Waals surface area contributed by atoms with E-state index in [4.69, 9.17) is 9.47 Å². The molecule has 0 saturated carbocycles. The molecule has 0 radical (unpaired) electrons. The summed E-state index contributed by atoms with van der Waals surface area (Å²) in [6, 6.07) is 15.0. The topological polar surface area (TPSA) is 84.9 Å². The summed E-state index contributed by atoms with van der Waals surface area (Å²) in [6.07, 6.45) is 3.34. The van der Waals surface area contributed by atoms with Gasteiger partial charge in [0, 0.05) is 44.6 Å². The quantitative estimate of drug-likeness (QED) is 0.599. The molecule has 8 heteroatoms. The second-order valence-corrected chi connectivity index (χ2v) is 8.44. The van der Waals surface area contributed by atoms with Gasteiger partial charge in [-0.1, -0.05) is 12.1 Å². The molecule has 1 atom stereocenters. The molecule has 170 valence electrons. The number of nitrogens with zero attached hydrogens (tertiary/aromatic N) is 4. The molecule has 3 heterocycles. The van der Waals surface area contributed by atoms with Crippen molar-refractivity contribution < 1.29 is 19.1 Å². The van der Waals surface area contributed by atoms with Gasteiger partial charge in [-0.3, -0.25) is 9.59 Å². The number of aromatic nitrogens is 2. The van der Waals surface area contributed by atoms with E-state index in [-0.39, 0.29) is 30.3 Å². The number of amides is 2. The van der Waals surface area contributed by atoms with Gasteiger partial charge in [-0.2, -0.15) is 0 Å². The van der Waals surface area contributed by atoms with Crippen molar-refractivity contribution in [1.29, 1.82) is 0 Å².